The first kappa shape index (κ1) is 15.6. The van der Waals surface area contributed by atoms with Crippen molar-refractivity contribution in [2.75, 3.05) is 0 Å². The van der Waals surface area contributed by atoms with E-state index >= 15 is 0 Å². The Morgan fingerprint density at radius 2 is 1.70 bits per heavy atom. The Labute approximate surface area is 142 Å². The quantitative estimate of drug-likeness (QED) is 0.501. The lowest BCUT2D eigenvalue weighted by molar-refractivity contribution is 0.489. The number of furan rings is 1. The van der Waals surface area contributed by atoms with Crippen LogP contribution in [0, 0.1) is 0 Å². The molecule has 3 rings (SSSR count). The lowest BCUT2D eigenvalue weighted by Crippen LogP contribution is -2.03. The Kier molecular flexibility index (Phi) is 4.99. The van der Waals surface area contributed by atoms with Crippen LogP contribution in [-0.4, -0.2) is 12.3 Å². The van der Waals surface area contributed by atoms with Crippen LogP contribution in [0.3, 0.4) is 0 Å². The minimum atomic E-state index is 0.209. The summed E-state index contributed by atoms with van der Waals surface area (Å²) in [5.41, 5.74) is 3.24. The number of benzene rings is 2. The lowest BCUT2D eigenvalue weighted by atomic mass is 10.1. The fourth-order valence-corrected chi connectivity index (χ4v) is 2.67. The van der Waals surface area contributed by atoms with Crippen molar-refractivity contribution in [3.63, 3.8) is 0 Å². The minimum Gasteiger partial charge on any atom is -0.449 e. The highest BCUT2D eigenvalue weighted by molar-refractivity contribution is 7.80. The molecule has 2 nitrogen and oxygen atoms in total. The third-order valence-corrected chi connectivity index (χ3v) is 3.99. The maximum Gasteiger partial charge on any atom is 0.166 e. The summed E-state index contributed by atoms with van der Waals surface area (Å²) in [5.74, 6) is 0.813. The zero-order valence-corrected chi connectivity index (χ0v) is 13.9. The van der Waals surface area contributed by atoms with E-state index in [1.807, 2.05) is 48.7 Å². The average Bonchev–Trinajstić information content (AvgIpc) is 2.96. The summed E-state index contributed by atoms with van der Waals surface area (Å²) in [6, 6.07) is 22.6. The molecule has 0 aliphatic rings. The number of thiol groups is 1. The predicted molar refractivity (Wildman–Crippen MR) is 98.6 cm³/mol. The zero-order chi connectivity index (χ0) is 16.1. The lowest BCUT2D eigenvalue weighted by Gasteiger charge is -2.05. The van der Waals surface area contributed by atoms with Crippen molar-refractivity contribution in [3.05, 3.63) is 77.9 Å². The summed E-state index contributed by atoms with van der Waals surface area (Å²) >= 11 is 4.41. The van der Waals surface area contributed by atoms with Crippen LogP contribution < -0.4 is 0 Å². The molecule has 0 bridgehead atoms. The van der Waals surface area contributed by atoms with Gasteiger partial charge >= 0.3 is 0 Å². The van der Waals surface area contributed by atoms with E-state index in [0.717, 1.165) is 23.3 Å². The molecule has 3 aromatic rings. The van der Waals surface area contributed by atoms with Gasteiger partial charge in [-0.15, -0.1) is 12.6 Å². The van der Waals surface area contributed by atoms with Gasteiger partial charge in [0.2, 0.25) is 0 Å². The highest BCUT2D eigenvalue weighted by atomic mass is 32.1. The summed E-state index contributed by atoms with van der Waals surface area (Å²) in [7, 11) is 0. The summed E-state index contributed by atoms with van der Waals surface area (Å²) < 4.78 is 5.72. The Morgan fingerprint density at radius 1 is 1.04 bits per heavy atom. The molecule has 0 spiro atoms. The normalized spacial score (nSPS) is 12.6. The van der Waals surface area contributed by atoms with Crippen LogP contribution in [0.4, 0.5) is 0 Å². The van der Waals surface area contributed by atoms with Gasteiger partial charge in [0.15, 0.2) is 5.09 Å². The summed E-state index contributed by atoms with van der Waals surface area (Å²) in [6.07, 6.45) is 2.77. The van der Waals surface area contributed by atoms with E-state index in [9.17, 15) is 0 Å². The van der Waals surface area contributed by atoms with Gasteiger partial charge < -0.3 is 4.42 Å². The molecule has 0 unspecified atom stereocenters. The number of nitrogens with zero attached hydrogens (tertiary/aromatic N) is 1. The van der Waals surface area contributed by atoms with Gasteiger partial charge in [0.05, 0.1) is 6.04 Å². The van der Waals surface area contributed by atoms with Gasteiger partial charge in [0, 0.05) is 17.3 Å². The Balaban J connectivity index is 1.71. The second-order valence-corrected chi connectivity index (χ2v) is 5.96. The third-order valence-electron chi connectivity index (χ3n) is 3.64. The van der Waals surface area contributed by atoms with E-state index < -0.39 is 0 Å². The number of aliphatic imine (C=N–C) groups is 1. The van der Waals surface area contributed by atoms with E-state index in [1.165, 1.54) is 5.56 Å². The van der Waals surface area contributed by atoms with Crippen LogP contribution in [-0.2, 0) is 6.42 Å². The average molecular weight is 321 g/mol. The molecule has 116 valence electrons. The molecule has 0 amide bonds. The Hall–Kier alpha value is -2.26. The standard InChI is InChI=1S/C20H19NOS/c1-15(12-16-8-4-2-5-9-16)21-14-18-13-19(22-20(18)23)17-10-6-3-7-11-17/h2-11,13-15,23H,12H2,1H3/t15-/m0/s1. The van der Waals surface area contributed by atoms with E-state index in [2.05, 4.69) is 48.8 Å². The third kappa shape index (κ3) is 4.14. The monoisotopic (exact) mass is 321 g/mol. The van der Waals surface area contributed by atoms with E-state index in [1.54, 1.807) is 0 Å². The van der Waals surface area contributed by atoms with Crippen molar-refractivity contribution >= 4 is 18.8 Å². The molecule has 0 aliphatic carbocycles. The molecule has 0 saturated heterocycles. The molecule has 0 fully saturated rings. The maximum absolute atomic E-state index is 5.72. The first-order valence-electron chi connectivity index (χ1n) is 7.67. The van der Waals surface area contributed by atoms with Gasteiger partial charge in [-0.1, -0.05) is 60.7 Å². The highest BCUT2D eigenvalue weighted by Gasteiger charge is 2.08. The summed E-state index contributed by atoms with van der Waals surface area (Å²) in [4.78, 5) is 4.62. The van der Waals surface area contributed by atoms with Crippen molar-refractivity contribution < 1.29 is 4.42 Å². The highest BCUT2D eigenvalue weighted by Crippen LogP contribution is 2.26. The molecule has 1 atom stereocenters. The van der Waals surface area contributed by atoms with E-state index in [0.29, 0.717) is 5.09 Å². The molecule has 1 heterocycles. The van der Waals surface area contributed by atoms with Crippen LogP contribution in [0.5, 0.6) is 0 Å². The van der Waals surface area contributed by atoms with Crippen LogP contribution in [0.1, 0.15) is 18.1 Å². The SMILES string of the molecule is C[C@@H](Cc1ccccc1)N=Cc1cc(-c2ccccc2)oc1S. The topological polar surface area (TPSA) is 25.5 Å². The van der Waals surface area contributed by atoms with Crippen molar-refractivity contribution in [2.45, 2.75) is 24.5 Å². The molecule has 0 N–H and O–H groups in total. The van der Waals surface area contributed by atoms with Crippen LogP contribution in [0.25, 0.3) is 11.3 Å². The molecule has 0 aliphatic heterocycles. The van der Waals surface area contributed by atoms with Crippen molar-refractivity contribution in [2.24, 2.45) is 4.99 Å². The fourth-order valence-electron chi connectivity index (χ4n) is 2.45. The largest absolute Gasteiger partial charge is 0.449 e. The van der Waals surface area contributed by atoms with Crippen LogP contribution in [0.15, 0.2) is 81.2 Å². The molecule has 3 heteroatoms. The smallest absolute Gasteiger partial charge is 0.166 e. The van der Waals surface area contributed by atoms with Crippen molar-refractivity contribution in [3.8, 4) is 11.3 Å². The molecule has 23 heavy (non-hydrogen) atoms. The van der Waals surface area contributed by atoms with Gasteiger partial charge in [0.1, 0.15) is 5.76 Å². The fraction of sp³-hybridized carbons (Fsp3) is 0.150. The number of hydrogen-bond acceptors (Lipinski definition) is 3. The molecule has 0 saturated carbocycles. The number of hydrogen-bond donors (Lipinski definition) is 1. The number of rotatable bonds is 5. The Morgan fingerprint density at radius 3 is 2.39 bits per heavy atom. The molecule has 0 radical (unpaired) electrons. The van der Waals surface area contributed by atoms with Crippen molar-refractivity contribution in [1.29, 1.82) is 0 Å². The summed E-state index contributed by atoms with van der Waals surface area (Å²) in [5, 5.41) is 0.597. The minimum absolute atomic E-state index is 0.209. The van der Waals surface area contributed by atoms with Gasteiger partial charge in [0.25, 0.3) is 0 Å². The van der Waals surface area contributed by atoms with Crippen molar-refractivity contribution in [1.82, 2.24) is 0 Å². The van der Waals surface area contributed by atoms with E-state index in [-0.39, 0.29) is 6.04 Å². The van der Waals surface area contributed by atoms with E-state index in [4.69, 9.17) is 4.42 Å². The molecule has 1 aromatic heterocycles. The first-order valence-corrected chi connectivity index (χ1v) is 8.12. The molecule has 2 aromatic carbocycles. The van der Waals surface area contributed by atoms with Gasteiger partial charge in [-0.2, -0.15) is 0 Å². The van der Waals surface area contributed by atoms with Crippen LogP contribution >= 0.6 is 12.6 Å². The second-order valence-electron chi connectivity index (χ2n) is 5.55. The zero-order valence-electron chi connectivity index (χ0n) is 13.0. The summed E-state index contributed by atoms with van der Waals surface area (Å²) in [6.45, 7) is 2.11. The molecular formula is C20H19NOS. The first-order chi connectivity index (χ1) is 11.2. The Bertz CT molecular complexity index is 778. The molecular weight excluding hydrogens is 302 g/mol. The van der Waals surface area contributed by atoms with Crippen LogP contribution in [0.2, 0.25) is 0 Å². The maximum atomic E-state index is 5.72. The van der Waals surface area contributed by atoms with Gasteiger partial charge in [-0.05, 0) is 25.0 Å². The van der Waals surface area contributed by atoms with Gasteiger partial charge in [-0.3, -0.25) is 4.99 Å². The predicted octanol–water partition coefficient (Wildman–Crippen LogP) is 5.29. The second kappa shape index (κ2) is 7.34. The van der Waals surface area contributed by atoms with Gasteiger partial charge in [-0.25, -0.2) is 0 Å².